The lowest BCUT2D eigenvalue weighted by Gasteiger charge is -2.07. The summed E-state index contributed by atoms with van der Waals surface area (Å²) in [5.74, 6) is 1.55. The number of H-pyrrole nitrogens is 1. The summed E-state index contributed by atoms with van der Waals surface area (Å²) >= 11 is 1.42. The minimum Gasteiger partial charge on any atom is -0.282 e. The summed E-state index contributed by atoms with van der Waals surface area (Å²) in [5.41, 5.74) is 1.70. The Morgan fingerprint density at radius 2 is 2.00 bits per heavy atom. The fraction of sp³-hybridized carbons (Fsp3) is 0.438. The summed E-state index contributed by atoms with van der Waals surface area (Å²) in [6, 6.07) is 3.58. The average Bonchev–Trinajstić information content (AvgIpc) is 3.23. The summed E-state index contributed by atoms with van der Waals surface area (Å²) < 4.78 is 29.7. The molecule has 0 saturated heterocycles. The molecule has 3 aromatic rings. The molecule has 0 aromatic carbocycles. The van der Waals surface area contributed by atoms with Crippen LogP contribution in [0.15, 0.2) is 17.0 Å². The van der Waals surface area contributed by atoms with Crippen molar-refractivity contribution in [1.29, 1.82) is 0 Å². The van der Waals surface area contributed by atoms with E-state index in [0.717, 1.165) is 32.8 Å². The molecule has 0 bridgehead atoms. The van der Waals surface area contributed by atoms with Crippen LogP contribution in [-0.4, -0.2) is 39.9 Å². The van der Waals surface area contributed by atoms with Crippen molar-refractivity contribution in [2.75, 3.05) is 6.54 Å². The van der Waals surface area contributed by atoms with E-state index in [1.807, 2.05) is 33.8 Å². The van der Waals surface area contributed by atoms with Gasteiger partial charge in [-0.1, -0.05) is 0 Å². The Labute approximate surface area is 156 Å². The van der Waals surface area contributed by atoms with Gasteiger partial charge < -0.3 is 0 Å². The van der Waals surface area contributed by atoms with Crippen LogP contribution in [0.4, 0.5) is 0 Å². The molecule has 0 radical (unpaired) electrons. The van der Waals surface area contributed by atoms with E-state index in [9.17, 15) is 8.42 Å². The molecule has 10 heteroatoms. The van der Waals surface area contributed by atoms with E-state index in [1.54, 1.807) is 10.7 Å². The van der Waals surface area contributed by atoms with Crippen molar-refractivity contribution >= 4 is 21.4 Å². The fourth-order valence-corrected chi connectivity index (χ4v) is 5.31. The van der Waals surface area contributed by atoms with Gasteiger partial charge in [0, 0.05) is 23.7 Å². The minimum atomic E-state index is -3.55. The summed E-state index contributed by atoms with van der Waals surface area (Å²) in [6.45, 7) is 8.40. The van der Waals surface area contributed by atoms with Gasteiger partial charge in [-0.05, 0) is 46.2 Å². The van der Waals surface area contributed by atoms with Crippen molar-refractivity contribution in [3.8, 4) is 10.6 Å². The first-order valence-corrected chi connectivity index (χ1v) is 10.6. The molecule has 26 heavy (non-hydrogen) atoms. The highest BCUT2D eigenvalue weighted by Gasteiger charge is 2.21. The number of aromatic nitrogens is 5. The molecule has 0 atom stereocenters. The monoisotopic (exact) mass is 394 g/mol. The highest BCUT2D eigenvalue weighted by molar-refractivity contribution is 7.89. The van der Waals surface area contributed by atoms with E-state index in [-0.39, 0.29) is 0 Å². The molecule has 0 aliphatic rings. The van der Waals surface area contributed by atoms with Gasteiger partial charge in [0.15, 0.2) is 0 Å². The number of aromatic amines is 1. The van der Waals surface area contributed by atoms with Gasteiger partial charge in [0.1, 0.15) is 17.3 Å². The quantitative estimate of drug-likeness (QED) is 0.598. The maximum Gasteiger partial charge on any atom is 0.241 e. The molecule has 3 rings (SSSR count). The summed E-state index contributed by atoms with van der Waals surface area (Å²) in [5, 5.41) is 11.3. The highest BCUT2D eigenvalue weighted by atomic mass is 32.2. The molecular formula is C16H22N6O2S2. The van der Waals surface area contributed by atoms with E-state index < -0.39 is 10.0 Å². The van der Waals surface area contributed by atoms with Gasteiger partial charge in [0.2, 0.25) is 10.0 Å². The topological polar surface area (TPSA) is 106 Å². The smallest absolute Gasteiger partial charge is 0.241 e. The Hall–Kier alpha value is -2.04. The van der Waals surface area contributed by atoms with Gasteiger partial charge in [-0.15, -0.1) is 11.3 Å². The van der Waals surface area contributed by atoms with Gasteiger partial charge in [0.05, 0.1) is 9.77 Å². The fourth-order valence-electron chi connectivity index (χ4n) is 2.69. The van der Waals surface area contributed by atoms with Gasteiger partial charge in [-0.3, -0.25) is 9.78 Å². The summed E-state index contributed by atoms with van der Waals surface area (Å²) in [7, 11) is -3.55. The third kappa shape index (κ3) is 4.02. The minimum absolute atomic E-state index is 0.311. The number of nitrogens with one attached hydrogen (secondary N) is 2. The number of aryl methyl sites for hydroxylation is 5. The Kier molecular flexibility index (Phi) is 5.26. The molecule has 0 aliphatic heterocycles. The van der Waals surface area contributed by atoms with Crippen LogP contribution in [0.5, 0.6) is 0 Å². The zero-order valence-corrected chi connectivity index (χ0v) is 16.8. The molecule has 8 nitrogen and oxygen atoms in total. The van der Waals surface area contributed by atoms with E-state index >= 15 is 0 Å². The van der Waals surface area contributed by atoms with Gasteiger partial charge >= 0.3 is 0 Å². The molecule has 0 fully saturated rings. The molecule has 0 unspecified atom stereocenters. The third-order valence-electron chi connectivity index (χ3n) is 3.92. The number of thiophene rings is 1. The first-order chi connectivity index (χ1) is 12.3. The molecule has 0 spiro atoms. The second kappa shape index (κ2) is 7.29. The van der Waals surface area contributed by atoms with Crippen LogP contribution in [-0.2, 0) is 16.6 Å². The van der Waals surface area contributed by atoms with Crippen molar-refractivity contribution < 1.29 is 8.42 Å². The van der Waals surface area contributed by atoms with Crippen LogP contribution in [0.1, 0.15) is 28.6 Å². The van der Waals surface area contributed by atoms with E-state index in [1.165, 1.54) is 11.3 Å². The number of nitrogens with zero attached hydrogens (tertiary/aromatic N) is 4. The first-order valence-electron chi connectivity index (χ1n) is 8.27. The first kappa shape index (κ1) is 18.7. The average molecular weight is 395 g/mol. The lowest BCUT2D eigenvalue weighted by atomic mass is 10.3. The standard InChI is InChI=1S/C16H22N6O2S2/c1-10-8-14(20-19-10)15-9-16(11(2)25-15)26(23,24)17-6-5-7-22-13(4)18-12(3)21-22/h8-9,17H,5-7H2,1-4H3,(H,19,20). The van der Waals surface area contributed by atoms with Crippen LogP contribution < -0.4 is 4.72 Å². The molecule has 140 valence electrons. The number of hydrogen-bond acceptors (Lipinski definition) is 6. The van der Waals surface area contributed by atoms with Crippen molar-refractivity contribution in [2.45, 2.75) is 45.6 Å². The SMILES string of the molecule is Cc1nc(C)n(CCCNS(=O)(=O)c2cc(-c3cc(C)[nH]n3)sc2C)n1. The largest absolute Gasteiger partial charge is 0.282 e. The summed E-state index contributed by atoms with van der Waals surface area (Å²) in [6.07, 6.45) is 0.636. The Morgan fingerprint density at radius 1 is 1.23 bits per heavy atom. The van der Waals surface area contributed by atoms with Crippen LogP contribution in [0.2, 0.25) is 0 Å². The second-order valence-corrected chi connectivity index (χ2v) is 9.14. The van der Waals surface area contributed by atoms with Gasteiger partial charge in [0.25, 0.3) is 0 Å². The normalized spacial score (nSPS) is 12.0. The third-order valence-corrected chi connectivity index (χ3v) is 6.71. The Morgan fingerprint density at radius 3 is 2.62 bits per heavy atom. The molecular weight excluding hydrogens is 372 g/mol. The summed E-state index contributed by atoms with van der Waals surface area (Å²) in [4.78, 5) is 6.13. The molecule has 3 aromatic heterocycles. The van der Waals surface area contributed by atoms with E-state index in [0.29, 0.717) is 24.4 Å². The number of hydrogen-bond donors (Lipinski definition) is 2. The number of sulfonamides is 1. The highest BCUT2D eigenvalue weighted by Crippen LogP contribution is 2.32. The predicted octanol–water partition coefficient (Wildman–Crippen LogP) is 2.33. The van der Waals surface area contributed by atoms with Crippen LogP contribution in [0.3, 0.4) is 0 Å². The van der Waals surface area contributed by atoms with Gasteiger partial charge in [-0.2, -0.15) is 10.2 Å². The van der Waals surface area contributed by atoms with Crippen LogP contribution in [0, 0.1) is 27.7 Å². The maximum atomic E-state index is 12.6. The van der Waals surface area contributed by atoms with Crippen molar-refractivity contribution in [2.24, 2.45) is 0 Å². The van der Waals surface area contributed by atoms with Crippen molar-refractivity contribution in [1.82, 2.24) is 29.7 Å². The predicted molar refractivity (Wildman–Crippen MR) is 101 cm³/mol. The molecule has 2 N–H and O–H groups in total. The Balaban J connectivity index is 1.64. The Bertz CT molecular complexity index is 1020. The van der Waals surface area contributed by atoms with Crippen molar-refractivity contribution in [3.05, 3.63) is 34.4 Å². The molecule has 3 heterocycles. The lowest BCUT2D eigenvalue weighted by molar-refractivity contribution is 0.543. The van der Waals surface area contributed by atoms with Crippen LogP contribution >= 0.6 is 11.3 Å². The number of rotatable bonds is 7. The van der Waals surface area contributed by atoms with E-state index in [2.05, 4.69) is 25.0 Å². The molecule has 0 saturated carbocycles. The van der Waals surface area contributed by atoms with Crippen LogP contribution in [0.25, 0.3) is 10.6 Å². The van der Waals surface area contributed by atoms with Gasteiger partial charge in [-0.25, -0.2) is 18.1 Å². The zero-order valence-electron chi connectivity index (χ0n) is 15.2. The van der Waals surface area contributed by atoms with E-state index in [4.69, 9.17) is 0 Å². The maximum absolute atomic E-state index is 12.6. The lowest BCUT2D eigenvalue weighted by Crippen LogP contribution is -2.26. The molecule has 0 amide bonds. The second-order valence-electron chi connectivity index (χ2n) is 6.15. The van der Waals surface area contributed by atoms with Crippen molar-refractivity contribution in [3.63, 3.8) is 0 Å². The zero-order chi connectivity index (χ0) is 18.9. The molecule has 0 aliphatic carbocycles.